The molecule has 0 bridgehead atoms. The Morgan fingerprint density at radius 3 is 1.74 bits per heavy atom. The second-order valence-electron chi connectivity index (χ2n) is 3.48. The van der Waals surface area contributed by atoms with E-state index in [9.17, 15) is 9.59 Å². The summed E-state index contributed by atoms with van der Waals surface area (Å²) in [5.74, 6) is 0.730. The fourth-order valence-corrected chi connectivity index (χ4v) is 1.26. The predicted molar refractivity (Wildman–Crippen MR) is 66.3 cm³/mol. The van der Waals surface area contributed by atoms with Crippen molar-refractivity contribution in [1.29, 1.82) is 0 Å². The molecule has 2 rings (SSSR count). The van der Waals surface area contributed by atoms with Crippen LogP contribution in [0.5, 0.6) is 11.5 Å². The summed E-state index contributed by atoms with van der Waals surface area (Å²) in [6.07, 6.45) is 7.03. The molecule has 0 N–H and O–H groups in total. The van der Waals surface area contributed by atoms with Crippen molar-refractivity contribution in [2.24, 2.45) is 0 Å². The second kappa shape index (κ2) is 6.30. The highest BCUT2D eigenvalue weighted by molar-refractivity contribution is 6.20. The number of rotatable bonds is 6. The van der Waals surface area contributed by atoms with Crippen molar-refractivity contribution < 1.29 is 18.9 Å². The van der Waals surface area contributed by atoms with E-state index in [0.717, 1.165) is 7.69 Å². The third-order valence-corrected chi connectivity index (χ3v) is 2.11. The van der Waals surface area contributed by atoms with Gasteiger partial charge in [-0.1, -0.05) is 0 Å². The first-order valence-electron chi connectivity index (χ1n) is 5.27. The van der Waals surface area contributed by atoms with Crippen molar-refractivity contribution in [3.63, 3.8) is 0 Å². The van der Waals surface area contributed by atoms with E-state index in [4.69, 9.17) is 9.31 Å². The summed E-state index contributed by atoms with van der Waals surface area (Å²) >= 11 is 0. The molecule has 2 aromatic rings. The molecule has 0 fully saturated rings. The third kappa shape index (κ3) is 3.63. The molecule has 0 saturated heterocycles. The third-order valence-electron chi connectivity index (χ3n) is 2.11. The zero-order valence-corrected chi connectivity index (χ0v) is 9.72. The quantitative estimate of drug-likeness (QED) is 0.568. The van der Waals surface area contributed by atoms with E-state index in [-0.39, 0.29) is 0 Å². The zero-order chi connectivity index (χ0) is 13.5. The summed E-state index contributed by atoms with van der Waals surface area (Å²) in [5.41, 5.74) is 0.797. The van der Waals surface area contributed by atoms with Gasteiger partial charge in [0.2, 0.25) is 0 Å². The summed E-state index contributed by atoms with van der Waals surface area (Å²) in [6.45, 7) is 0. The van der Waals surface area contributed by atoms with Gasteiger partial charge in [-0.05, 0) is 12.1 Å². The van der Waals surface area contributed by atoms with Gasteiger partial charge in [0.15, 0.2) is 12.6 Å². The molecule has 0 amide bonds. The first-order chi connectivity index (χ1) is 9.31. The molecule has 7 heteroatoms. The number of pyridine rings is 2. The van der Waals surface area contributed by atoms with Crippen molar-refractivity contribution in [3.8, 4) is 11.5 Å². The minimum Gasteiger partial charge on any atom is -0.525 e. The Labute approximate surface area is 109 Å². The molecular formula is C12H8BN2O4. The maximum absolute atomic E-state index is 10.5. The van der Waals surface area contributed by atoms with Crippen LogP contribution in [0.4, 0.5) is 0 Å². The normalized spacial score (nSPS) is 9.47. The van der Waals surface area contributed by atoms with E-state index in [1.807, 2.05) is 0 Å². The largest absolute Gasteiger partial charge is 0.658 e. The van der Waals surface area contributed by atoms with Crippen LogP contribution in [0.3, 0.4) is 0 Å². The molecule has 19 heavy (non-hydrogen) atoms. The smallest absolute Gasteiger partial charge is 0.525 e. The lowest BCUT2D eigenvalue weighted by Gasteiger charge is -2.06. The first kappa shape index (κ1) is 12.8. The van der Waals surface area contributed by atoms with E-state index >= 15 is 0 Å². The van der Waals surface area contributed by atoms with E-state index in [2.05, 4.69) is 9.97 Å². The molecule has 6 nitrogen and oxygen atoms in total. The van der Waals surface area contributed by atoms with Gasteiger partial charge in [0, 0.05) is 23.5 Å². The van der Waals surface area contributed by atoms with E-state index in [0.29, 0.717) is 35.2 Å². The molecule has 2 heterocycles. The predicted octanol–water partition coefficient (Wildman–Crippen LogP) is 1.09. The molecule has 0 atom stereocenters. The van der Waals surface area contributed by atoms with Crippen LogP contribution in [0.2, 0.25) is 0 Å². The van der Waals surface area contributed by atoms with Gasteiger partial charge in [-0.15, -0.1) is 0 Å². The van der Waals surface area contributed by atoms with Gasteiger partial charge in [0.25, 0.3) is 0 Å². The summed E-state index contributed by atoms with van der Waals surface area (Å²) in [4.78, 5) is 28.7. The average molecular weight is 255 g/mol. The minimum absolute atomic E-state index is 0.365. The first-order valence-corrected chi connectivity index (χ1v) is 5.27. The highest BCUT2D eigenvalue weighted by Crippen LogP contribution is 2.12. The average Bonchev–Trinajstić information content (AvgIpc) is 2.48. The molecule has 0 aromatic carbocycles. The Morgan fingerprint density at radius 2 is 1.32 bits per heavy atom. The number of hydrogen-bond acceptors (Lipinski definition) is 6. The van der Waals surface area contributed by atoms with Gasteiger partial charge >= 0.3 is 7.69 Å². The Balaban J connectivity index is 1.92. The summed E-state index contributed by atoms with van der Waals surface area (Å²) in [5, 5.41) is 0. The molecule has 2 aromatic heterocycles. The van der Waals surface area contributed by atoms with Crippen molar-refractivity contribution >= 4 is 20.3 Å². The van der Waals surface area contributed by atoms with Gasteiger partial charge in [-0.25, -0.2) is 0 Å². The lowest BCUT2D eigenvalue weighted by Crippen LogP contribution is -2.11. The Bertz CT molecular complexity index is 540. The number of hydrogen-bond donors (Lipinski definition) is 0. The van der Waals surface area contributed by atoms with Crippen LogP contribution in [-0.4, -0.2) is 30.2 Å². The van der Waals surface area contributed by atoms with Gasteiger partial charge in [-0.3, -0.25) is 19.6 Å². The van der Waals surface area contributed by atoms with Crippen LogP contribution in [0.15, 0.2) is 36.9 Å². The molecule has 0 aliphatic carbocycles. The SMILES string of the molecule is O=Cc1cncc(O[B]Oc2cncc(C=O)c2)c1. The van der Waals surface area contributed by atoms with Crippen LogP contribution in [0, 0.1) is 0 Å². The Kier molecular flexibility index (Phi) is 4.23. The Hall–Kier alpha value is -2.70. The number of carbonyl (C=O) groups is 2. The standard InChI is InChI=1S/C12H8BN2O4/c16-7-9-1-11(5-14-3-9)18-13-19-12-2-10(8-17)4-15-6-12/h1-8H. The maximum Gasteiger partial charge on any atom is 0.658 e. The maximum atomic E-state index is 10.5. The molecule has 93 valence electrons. The van der Waals surface area contributed by atoms with Crippen LogP contribution in [0.1, 0.15) is 20.7 Å². The van der Waals surface area contributed by atoms with Crippen molar-refractivity contribution in [2.45, 2.75) is 0 Å². The molecular weight excluding hydrogens is 247 g/mol. The van der Waals surface area contributed by atoms with Crippen LogP contribution in [0.25, 0.3) is 0 Å². The highest BCUT2D eigenvalue weighted by atomic mass is 16.6. The van der Waals surface area contributed by atoms with Crippen molar-refractivity contribution in [2.75, 3.05) is 0 Å². The fourth-order valence-electron chi connectivity index (χ4n) is 1.26. The van der Waals surface area contributed by atoms with Gasteiger partial charge in [-0.2, -0.15) is 0 Å². The second-order valence-corrected chi connectivity index (χ2v) is 3.48. The summed E-state index contributed by atoms with van der Waals surface area (Å²) in [7, 11) is 1.07. The lowest BCUT2D eigenvalue weighted by molar-refractivity contribution is 0.111. The lowest BCUT2D eigenvalue weighted by atomic mass is 10.2. The molecule has 0 saturated carbocycles. The number of aromatic nitrogens is 2. The van der Waals surface area contributed by atoms with Crippen LogP contribution >= 0.6 is 0 Å². The molecule has 0 unspecified atom stereocenters. The van der Waals surface area contributed by atoms with Gasteiger partial charge in [0.05, 0.1) is 12.4 Å². The van der Waals surface area contributed by atoms with Gasteiger partial charge in [0.1, 0.15) is 11.5 Å². The fraction of sp³-hybridized carbons (Fsp3) is 0. The van der Waals surface area contributed by atoms with Gasteiger partial charge < -0.3 is 9.31 Å². The summed E-state index contributed by atoms with van der Waals surface area (Å²) < 4.78 is 10.3. The Morgan fingerprint density at radius 1 is 0.842 bits per heavy atom. The molecule has 0 aliphatic heterocycles. The van der Waals surface area contributed by atoms with Crippen molar-refractivity contribution in [1.82, 2.24) is 9.97 Å². The zero-order valence-electron chi connectivity index (χ0n) is 9.72. The molecule has 0 spiro atoms. The molecule has 0 aliphatic rings. The summed E-state index contributed by atoms with van der Waals surface area (Å²) in [6, 6.07) is 3.03. The van der Waals surface area contributed by atoms with E-state index in [1.54, 1.807) is 0 Å². The molecule has 1 radical (unpaired) electrons. The number of carbonyl (C=O) groups excluding carboxylic acids is 2. The number of nitrogens with zero attached hydrogens (tertiary/aromatic N) is 2. The highest BCUT2D eigenvalue weighted by Gasteiger charge is 2.04. The monoisotopic (exact) mass is 255 g/mol. The van der Waals surface area contributed by atoms with E-state index in [1.165, 1.54) is 36.9 Å². The topological polar surface area (TPSA) is 78.4 Å². The minimum atomic E-state index is 0.365. The van der Waals surface area contributed by atoms with Crippen molar-refractivity contribution in [3.05, 3.63) is 48.0 Å². The van der Waals surface area contributed by atoms with Crippen LogP contribution in [-0.2, 0) is 0 Å². The van der Waals surface area contributed by atoms with E-state index < -0.39 is 0 Å². The van der Waals surface area contributed by atoms with Crippen LogP contribution < -0.4 is 9.31 Å². The number of aldehydes is 2.